The lowest BCUT2D eigenvalue weighted by Crippen LogP contribution is -2.38. The summed E-state index contributed by atoms with van der Waals surface area (Å²) in [5, 5.41) is 2.85. The van der Waals surface area contributed by atoms with Crippen molar-refractivity contribution in [1.29, 1.82) is 0 Å². The van der Waals surface area contributed by atoms with Crippen molar-refractivity contribution in [3.63, 3.8) is 0 Å². The Bertz CT molecular complexity index is 524. The molecule has 0 unspecified atom stereocenters. The molecule has 0 saturated heterocycles. The maximum absolute atomic E-state index is 12.8. The van der Waals surface area contributed by atoms with E-state index in [9.17, 15) is 8.42 Å². The van der Waals surface area contributed by atoms with E-state index in [0.29, 0.717) is 12.4 Å². The highest BCUT2D eigenvalue weighted by Crippen LogP contribution is 2.30. The predicted molar refractivity (Wildman–Crippen MR) is 75.6 cm³/mol. The van der Waals surface area contributed by atoms with Gasteiger partial charge < -0.3 is 5.32 Å². The minimum Gasteiger partial charge on any atom is -0.372 e. The lowest BCUT2D eigenvalue weighted by Gasteiger charge is -2.27. The van der Waals surface area contributed by atoms with Crippen molar-refractivity contribution < 1.29 is 8.42 Å². The minimum absolute atomic E-state index is 0.139. The SMILES string of the molecule is CCN(C1CCCC1)S(=O)(=O)c1cccnc1NC. The first-order valence-electron chi connectivity index (χ1n) is 6.76. The van der Waals surface area contributed by atoms with Crippen LogP contribution in [0.3, 0.4) is 0 Å². The summed E-state index contributed by atoms with van der Waals surface area (Å²) >= 11 is 0. The van der Waals surface area contributed by atoms with Crippen molar-refractivity contribution in [1.82, 2.24) is 9.29 Å². The van der Waals surface area contributed by atoms with Crippen LogP contribution >= 0.6 is 0 Å². The monoisotopic (exact) mass is 283 g/mol. The molecule has 1 aliphatic carbocycles. The minimum atomic E-state index is -3.47. The van der Waals surface area contributed by atoms with Crippen LogP contribution in [0.2, 0.25) is 0 Å². The van der Waals surface area contributed by atoms with Crippen LogP contribution in [-0.2, 0) is 10.0 Å². The van der Waals surface area contributed by atoms with E-state index in [-0.39, 0.29) is 10.9 Å². The lowest BCUT2D eigenvalue weighted by atomic mass is 10.2. The van der Waals surface area contributed by atoms with Crippen molar-refractivity contribution >= 4 is 15.8 Å². The largest absolute Gasteiger partial charge is 0.372 e. The van der Waals surface area contributed by atoms with Gasteiger partial charge in [-0.25, -0.2) is 13.4 Å². The van der Waals surface area contributed by atoms with Gasteiger partial charge in [-0.05, 0) is 25.0 Å². The fourth-order valence-corrected chi connectivity index (χ4v) is 4.57. The molecule has 2 rings (SSSR count). The molecule has 1 fully saturated rings. The molecule has 0 amide bonds. The summed E-state index contributed by atoms with van der Waals surface area (Å²) in [5.74, 6) is 0.416. The zero-order valence-corrected chi connectivity index (χ0v) is 12.3. The summed E-state index contributed by atoms with van der Waals surface area (Å²) in [6.45, 7) is 2.40. The van der Waals surface area contributed by atoms with Crippen LogP contribution < -0.4 is 5.32 Å². The maximum atomic E-state index is 12.8. The van der Waals surface area contributed by atoms with Gasteiger partial charge in [-0.1, -0.05) is 19.8 Å². The molecule has 0 radical (unpaired) electrons. The van der Waals surface area contributed by atoms with Crippen molar-refractivity contribution in [3.05, 3.63) is 18.3 Å². The van der Waals surface area contributed by atoms with E-state index in [0.717, 1.165) is 25.7 Å². The van der Waals surface area contributed by atoms with Gasteiger partial charge in [0.25, 0.3) is 0 Å². The summed E-state index contributed by atoms with van der Waals surface area (Å²) in [6, 6.07) is 3.42. The quantitative estimate of drug-likeness (QED) is 0.898. The molecule has 0 aromatic carbocycles. The highest BCUT2D eigenvalue weighted by Gasteiger charge is 2.33. The Labute approximate surface area is 115 Å². The van der Waals surface area contributed by atoms with Gasteiger partial charge in [0, 0.05) is 25.8 Å². The second-order valence-corrected chi connectivity index (χ2v) is 6.61. The summed E-state index contributed by atoms with van der Waals surface area (Å²) < 4.78 is 27.2. The molecule has 1 aliphatic rings. The number of sulfonamides is 1. The summed E-state index contributed by atoms with van der Waals surface area (Å²) in [5.41, 5.74) is 0. The molecule has 19 heavy (non-hydrogen) atoms. The summed E-state index contributed by atoms with van der Waals surface area (Å²) in [4.78, 5) is 4.36. The van der Waals surface area contributed by atoms with Crippen LogP contribution in [0.1, 0.15) is 32.6 Å². The molecule has 1 aromatic heterocycles. The fourth-order valence-electron chi connectivity index (χ4n) is 2.73. The number of nitrogens with zero attached hydrogens (tertiary/aromatic N) is 2. The third-order valence-corrected chi connectivity index (χ3v) is 5.70. The first kappa shape index (κ1) is 14.3. The zero-order valence-electron chi connectivity index (χ0n) is 11.5. The number of nitrogens with one attached hydrogen (secondary N) is 1. The Hall–Kier alpha value is -1.14. The van der Waals surface area contributed by atoms with Gasteiger partial charge in [-0.2, -0.15) is 4.31 Å². The molecule has 1 aromatic rings. The molecule has 5 nitrogen and oxygen atoms in total. The molecular weight excluding hydrogens is 262 g/mol. The topological polar surface area (TPSA) is 62.3 Å². The highest BCUT2D eigenvalue weighted by molar-refractivity contribution is 7.89. The van der Waals surface area contributed by atoms with E-state index in [1.807, 2.05) is 6.92 Å². The molecule has 0 spiro atoms. The van der Waals surface area contributed by atoms with Crippen LogP contribution in [0.5, 0.6) is 0 Å². The van der Waals surface area contributed by atoms with Gasteiger partial charge in [-0.15, -0.1) is 0 Å². The number of hydrogen-bond donors (Lipinski definition) is 1. The van der Waals surface area contributed by atoms with Crippen LogP contribution in [0, 0.1) is 0 Å². The Balaban J connectivity index is 2.39. The third-order valence-electron chi connectivity index (χ3n) is 3.64. The highest BCUT2D eigenvalue weighted by atomic mass is 32.2. The Morgan fingerprint density at radius 2 is 2.11 bits per heavy atom. The van der Waals surface area contributed by atoms with Crippen LogP contribution in [0.15, 0.2) is 23.2 Å². The lowest BCUT2D eigenvalue weighted by molar-refractivity contribution is 0.335. The molecule has 1 saturated carbocycles. The van der Waals surface area contributed by atoms with Crippen molar-refractivity contribution in [3.8, 4) is 0 Å². The molecule has 1 N–H and O–H groups in total. The standard InChI is InChI=1S/C13H21N3O2S/c1-3-16(11-7-4-5-8-11)19(17,18)12-9-6-10-15-13(12)14-2/h6,9-11H,3-5,7-8H2,1-2H3,(H,14,15). The third kappa shape index (κ3) is 2.74. The van der Waals surface area contributed by atoms with E-state index in [1.54, 1.807) is 29.7 Å². The van der Waals surface area contributed by atoms with Gasteiger partial charge in [0.05, 0.1) is 0 Å². The van der Waals surface area contributed by atoms with Gasteiger partial charge >= 0.3 is 0 Å². The normalized spacial score (nSPS) is 17.0. The molecule has 0 aliphatic heterocycles. The van der Waals surface area contributed by atoms with E-state index in [4.69, 9.17) is 0 Å². The predicted octanol–water partition coefficient (Wildman–Crippen LogP) is 2.08. The Kier molecular flexibility index (Phi) is 4.42. The number of pyridine rings is 1. The average Bonchev–Trinajstić information content (AvgIpc) is 2.93. The first-order valence-corrected chi connectivity index (χ1v) is 8.20. The molecule has 1 heterocycles. The second-order valence-electron chi connectivity index (χ2n) is 4.75. The Morgan fingerprint density at radius 3 is 2.68 bits per heavy atom. The van der Waals surface area contributed by atoms with Crippen LogP contribution in [0.4, 0.5) is 5.82 Å². The Morgan fingerprint density at radius 1 is 1.42 bits per heavy atom. The van der Waals surface area contributed by atoms with Gasteiger partial charge in [0.15, 0.2) is 0 Å². The van der Waals surface area contributed by atoms with E-state index >= 15 is 0 Å². The molecule has 106 valence electrons. The van der Waals surface area contributed by atoms with Gasteiger partial charge in [0.2, 0.25) is 10.0 Å². The van der Waals surface area contributed by atoms with E-state index < -0.39 is 10.0 Å². The molecule has 6 heteroatoms. The van der Waals surface area contributed by atoms with E-state index in [1.165, 1.54) is 0 Å². The van der Waals surface area contributed by atoms with Gasteiger partial charge in [0.1, 0.15) is 10.7 Å². The van der Waals surface area contributed by atoms with Crippen molar-refractivity contribution in [2.75, 3.05) is 18.9 Å². The maximum Gasteiger partial charge on any atom is 0.246 e. The second kappa shape index (κ2) is 5.88. The smallest absolute Gasteiger partial charge is 0.246 e. The van der Waals surface area contributed by atoms with Crippen molar-refractivity contribution in [2.45, 2.75) is 43.5 Å². The van der Waals surface area contributed by atoms with Gasteiger partial charge in [-0.3, -0.25) is 0 Å². The average molecular weight is 283 g/mol. The molecular formula is C13H21N3O2S. The van der Waals surface area contributed by atoms with E-state index in [2.05, 4.69) is 10.3 Å². The first-order chi connectivity index (χ1) is 9.11. The number of anilines is 1. The number of rotatable bonds is 5. The zero-order chi connectivity index (χ0) is 13.9. The van der Waals surface area contributed by atoms with Crippen LogP contribution in [-0.4, -0.2) is 37.3 Å². The fraction of sp³-hybridized carbons (Fsp3) is 0.615. The number of hydrogen-bond acceptors (Lipinski definition) is 4. The molecule has 0 bridgehead atoms. The summed E-state index contributed by atoms with van der Waals surface area (Å²) in [7, 11) is -1.78. The molecule has 0 atom stereocenters. The van der Waals surface area contributed by atoms with Crippen LogP contribution in [0.25, 0.3) is 0 Å². The van der Waals surface area contributed by atoms with Crippen molar-refractivity contribution in [2.24, 2.45) is 0 Å². The summed E-state index contributed by atoms with van der Waals surface area (Å²) in [6.07, 6.45) is 5.74. The number of aromatic nitrogens is 1.